The summed E-state index contributed by atoms with van der Waals surface area (Å²) in [6, 6.07) is 0. The van der Waals surface area contributed by atoms with Gasteiger partial charge in [0.05, 0.1) is 6.20 Å². The lowest BCUT2D eigenvalue weighted by atomic mass is 10.4. The molecular weight excluding hydrogens is 154 g/mol. The monoisotopic (exact) mass is 165 g/mol. The molecule has 0 fully saturated rings. The molecule has 1 aromatic heterocycles. The van der Waals surface area contributed by atoms with Crippen LogP contribution in [0.25, 0.3) is 0 Å². The number of aromatic nitrogens is 2. The summed E-state index contributed by atoms with van der Waals surface area (Å²) in [6.45, 7) is 1.75. The van der Waals surface area contributed by atoms with Gasteiger partial charge < -0.3 is 11.5 Å². The summed E-state index contributed by atoms with van der Waals surface area (Å²) in [7, 11) is 0. The Balaban J connectivity index is 2.77. The molecule has 1 aromatic rings. The Morgan fingerprint density at radius 1 is 1.67 bits per heavy atom. The molecule has 5 heteroatoms. The molecule has 0 spiro atoms. The van der Waals surface area contributed by atoms with Crippen molar-refractivity contribution in [2.24, 2.45) is 16.5 Å². The Morgan fingerprint density at radius 3 is 2.92 bits per heavy atom. The van der Waals surface area contributed by atoms with Crippen molar-refractivity contribution < 1.29 is 0 Å². The number of nitrogens with one attached hydrogen (secondary N) is 1. The molecule has 0 aliphatic carbocycles. The first-order valence-corrected chi connectivity index (χ1v) is 3.45. The van der Waals surface area contributed by atoms with E-state index in [0.717, 1.165) is 0 Å². The van der Waals surface area contributed by atoms with Crippen LogP contribution in [0, 0.1) is 0 Å². The fraction of sp³-hybridized carbons (Fsp3) is 0.143. The molecule has 0 aliphatic rings. The summed E-state index contributed by atoms with van der Waals surface area (Å²) in [5.74, 6) is 0.372. The standard InChI is InChI=1S/C7H11N5/c1-5(8)2-7(9)12-6-3-10-11-4-6/h2-4H,8H2,1H3,(H2,9,12)(H,10,11). The third-order valence-electron chi connectivity index (χ3n) is 1.12. The Kier molecular flexibility index (Phi) is 2.47. The Bertz CT molecular complexity index is 292. The molecule has 0 bridgehead atoms. The van der Waals surface area contributed by atoms with E-state index in [9.17, 15) is 0 Å². The molecule has 0 amide bonds. The minimum atomic E-state index is 0.372. The number of nitrogens with two attached hydrogens (primary N) is 2. The van der Waals surface area contributed by atoms with E-state index in [1.165, 1.54) is 0 Å². The maximum absolute atomic E-state index is 5.52. The van der Waals surface area contributed by atoms with Gasteiger partial charge in [-0.15, -0.1) is 0 Å². The number of hydrogen-bond donors (Lipinski definition) is 3. The van der Waals surface area contributed by atoms with Gasteiger partial charge in [0.1, 0.15) is 11.5 Å². The summed E-state index contributed by atoms with van der Waals surface area (Å²) in [5.41, 5.74) is 12.2. The second-order valence-corrected chi connectivity index (χ2v) is 2.38. The van der Waals surface area contributed by atoms with E-state index in [4.69, 9.17) is 11.5 Å². The lowest BCUT2D eigenvalue weighted by molar-refractivity contribution is 1.09. The van der Waals surface area contributed by atoms with E-state index in [0.29, 0.717) is 17.2 Å². The van der Waals surface area contributed by atoms with Crippen LogP contribution in [0.2, 0.25) is 0 Å². The smallest absolute Gasteiger partial charge is 0.125 e. The first-order chi connectivity index (χ1) is 5.68. The summed E-state index contributed by atoms with van der Waals surface area (Å²) in [5, 5.41) is 6.34. The average Bonchev–Trinajstić information content (AvgIpc) is 2.37. The number of aliphatic imine (C=N–C) groups is 1. The summed E-state index contributed by atoms with van der Waals surface area (Å²) in [4.78, 5) is 4.00. The van der Waals surface area contributed by atoms with Crippen molar-refractivity contribution in [3.05, 3.63) is 24.2 Å². The van der Waals surface area contributed by atoms with Crippen molar-refractivity contribution in [2.45, 2.75) is 6.92 Å². The van der Waals surface area contributed by atoms with Crippen LogP contribution >= 0.6 is 0 Å². The number of nitrogens with zero attached hydrogens (tertiary/aromatic N) is 2. The van der Waals surface area contributed by atoms with Gasteiger partial charge in [-0.05, 0) is 13.0 Å². The summed E-state index contributed by atoms with van der Waals surface area (Å²) < 4.78 is 0. The van der Waals surface area contributed by atoms with Gasteiger partial charge in [0.25, 0.3) is 0 Å². The average molecular weight is 165 g/mol. The fourth-order valence-electron chi connectivity index (χ4n) is 0.720. The first kappa shape index (κ1) is 8.32. The van der Waals surface area contributed by atoms with Crippen LogP contribution in [0.3, 0.4) is 0 Å². The van der Waals surface area contributed by atoms with Gasteiger partial charge in [0.2, 0.25) is 0 Å². The number of hydrogen-bond acceptors (Lipinski definition) is 3. The van der Waals surface area contributed by atoms with Gasteiger partial charge >= 0.3 is 0 Å². The van der Waals surface area contributed by atoms with Crippen LogP contribution in [0.4, 0.5) is 5.69 Å². The van der Waals surface area contributed by atoms with Gasteiger partial charge in [-0.2, -0.15) is 5.10 Å². The molecule has 0 atom stereocenters. The van der Waals surface area contributed by atoms with Gasteiger partial charge in [0.15, 0.2) is 0 Å². The van der Waals surface area contributed by atoms with Crippen molar-refractivity contribution in [2.75, 3.05) is 0 Å². The number of amidine groups is 1. The van der Waals surface area contributed by atoms with Crippen molar-refractivity contribution in [3.8, 4) is 0 Å². The molecule has 0 aromatic carbocycles. The third kappa shape index (κ3) is 2.45. The minimum Gasteiger partial charge on any atom is -0.402 e. The van der Waals surface area contributed by atoms with E-state index in [1.54, 1.807) is 25.4 Å². The van der Waals surface area contributed by atoms with Crippen molar-refractivity contribution in [1.29, 1.82) is 0 Å². The van der Waals surface area contributed by atoms with Crippen molar-refractivity contribution in [1.82, 2.24) is 10.2 Å². The zero-order valence-corrected chi connectivity index (χ0v) is 6.78. The van der Waals surface area contributed by atoms with Crippen LogP contribution in [-0.2, 0) is 0 Å². The molecule has 1 rings (SSSR count). The second kappa shape index (κ2) is 3.56. The molecule has 12 heavy (non-hydrogen) atoms. The van der Waals surface area contributed by atoms with Crippen LogP contribution < -0.4 is 11.5 Å². The van der Waals surface area contributed by atoms with Gasteiger partial charge in [0, 0.05) is 11.9 Å². The molecule has 1 heterocycles. The van der Waals surface area contributed by atoms with Gasteiger partial charge in [-0.1, -0.05) is 0 Å². The maximum Gasteiger partial charge on any atom is 0.125 e. The summed E-state index contributed by atoms with van der Waals surface area (Å²) >= 11 is 0. The molecule has 64 valence electrons. The molecule has 0 saturated carbocycles. The normalized spacial score (nSPS) is 13.4. The molecule has 0 radical (unpaired) electrons. The van der Waals surface area contributed by atoms with Crippen LogP contribution in [-0.4, -0.2) is 16.0 Å². The van der Waals surface area contributed by atoms with E-state index in [2.05, 4.69) is 15.2 Å². The van der Waals surface area contributed by atoms with E-state index < -0.39 is 0 Å². The Hall–Kier alpha value is -1.78. The van der Waals surface area contributed by atoms with Crippen LogP contribution in [0.15, 0.2) is 29.2 Å². The van der Waals surface area contributed by atoms with Crippen molar-refractivity contribution in [3.63, 3.8) is 0 Å². The predicted octanol–water partition coefficient (Wildman–Crippen LogP) is 0.261. The molecule has 0 saturated heterocycles. The largest absolute Gasteiger partial charge is 0.402 e. The predicted molar refractivity (Wildman–Crippen MR) is 47.8 cm³/mol. The fourth-order valence-corrected chi connectivity index (χ4v) is 0.720. The third-order valence-corrected chi connectivity index (χ3v) is 1.12. The van der Waals surface area contributed by atoms with Gasteiger partial charge in [-0.25, -0.2) is 4.99 Å². The number of rotatable bonds is 2. The SMILES string of the molecule is CC(N)=CC(N)=Nc1cn[nH]c1. The summed E-state index contributed by atoms with van der Waals surface area (Å²) in [6.07, 6.45) is 4.81. The maximum atomic E-state index is 5.52. The Labute approximate surface area is 70.2 Å². The number of allylic oxidation sites excluding steroid dienone is 1. The Morgan fingerprint density at radius 2 is 2.42 bits per heavy atom. The number of aromatic amines is 1. The minimum absolute atomic E-state index is 0.372. The highest BCUT2D eigenvalue weighted by molar-refractivity contribution is 5.93. The lowest BCUT2D eigenvalue weighted by Crippen LogP contribution is -2.09. The van der Waals surface area contributed by atoms with E-state index >= 15 is 0 Å². The first-order valence-electron chi connectivity index (χ1n) is 3.45. The van der Waals surface area contributed by atoms with E-state index in [-0.39, 0.29) is 0 Å². The van der Waals surface area contributed by atoms with Crippen LogP contribution in [0.1, 0.15) is 6.92 Å². The highest BCUT2D eigenvalue weighted by Crippen LogP contribution is 2.05. The lowest BCUT2D eigenvalue weighted by Gasteiger charge is -1.91. The zero-order valence-electron chi connectivity index (χ0n) is 6.78. The van der Waals surface area contributed by atoms with Gasteiger partial charge in [-0.3, -0.25) is 5.10 Å². The van der Waals surface area contributed by atoms with Crippen LogP contribution in [0.5, 0.6) is 0 Å². The van der Waals surface area contributed by atoms with Crippen molar-refractivity contribution >= 4 is 11.5 Å². The zero-order chi connectivity index (χ0) is 8.97. The molecule has 5 N–H and O–H groups in total. The molecule has 0 aliphatic heterocycles. The topological polar surface area (TPSA) is 93.1 Å². The quantitative estimate of drug-likeness (QED) is 0.433. The second-order valence-electron chi connectivity index (χ2n) is 2.38. The van der Waals surface area contributed by atoms with E-state index in [1.807, 2.05) is 0 Å². The highest BCUT2D eigenvalue weighted by Gasteiger charge is 1.90. The number of H-pyrrole nitrogens is 1. The molecular formula is C7H11N5. The molecule has 0 unspecified atom stereocenters. The molecule has 5 nitrogen and oxygen atoms in total. The highest BCUT2D eigenvalue weighted by atomic mass is 15.1.